The van der Waals surface area contributed by atoms with E-state index in [2.05, 4.69) is 42.6 Å². The number of thiophene rings is 1. The van der Waals surface area contributed by atoms with Crippen molar-refractivity contribution in [2.75, 3.05) is 6.54 Å². The zero-order valence-electron chi connectivity index (χ0n) is 9.05. The predicted octanol–water partition coefficient (Wildman–Crippen LogP) is 3.76. The van der Waals surface area contributed by atoms with Gasteiger partial charge in [0.15, 0.2) is 0 Å². The summed E-state index contributed by atoms with van der Waals surface area (Å²) in [6, 6.07) is 2.65. The molecule has 0 saturated heterocycles. The van der Waals surface area contributed by atoms with Gasteiger partial charge < -0.3 is 5.32 Å². The van der Waals surface area contributed by atoms with Crippen molar-refractivity contribution in [1.29, 1.82) is 0 Å². The highest BCUT2D eigenvalue weighted by molar-refractivity contribution is 7.07. The fourth-order valence-electron chi connectivity index (χ4n) is 1.46. The van der Waals surface area contributed by atoms with Crippen molar-refractivity contribution in [3.8, 4) is 0 Å². The molecule has 78 valence electrons. The third kappa shape index (κ3) is 3.28. The third-order valence-corrected chi connectivity index (χ3v) is 3.09. The van der Waals surface area contributed by atoms with Crippen LogP contribution in [0, 0.1) is 0 Å². The summed E-state index contributed by atoms with van der Waals surface area (Å²) in [5.41, 5.74) is 2.72. The van der Waals surface area contributed by atoms with E-state index >= 15 is 0 Å². The predicted molar refractivity (Wildman–Crippen MR) is 64.8 cm³/mol. The van der Waals surface area contributed by atoms with Gasteiger partial charge in [-0.05, 0) is 41.8 Å². The monoisotopic (exact) mass is 209 g/mol. The molecule has 1 atom stereocenters. The van der Waals surface area contributed by atoms with Crippen LogP contribution in [-0.2, 0) is 0 Å². The molecule has 0 aliphatic rings. The van der Waals surface area contributed by atoms with Gasteiger partial charge in [0.1, 0.15) is 0 Å². The van der Waals surface area contributed by atoms with E-state index in [0.717, 1.165) is 19.4 Å². The molecule has 1 aromatic heterocycles. The van der Waals surface area contributed by atoms with E-state index in [1.54, 1.807) is 11.3 Å². The summed E-state index contributed by atoms with van der Waals surface area (Å²) < 4.78 is 0. The van der Waals surface area contributed by atoms with Gasteiger partial charge in [-0.25, -0.2) is 0 Å². The molecule has 1 rings (SSSR count). The molecule has 0 radical (unpaired) electrons. The first-order valence-electron chi connectivity index (χ1n) is 5.20. The number of hydrogen-bond donors (Lipinski definition) is 1. The van der Waals surface area contributed by atoms with E-state index in [1.165, 1.54) is 11.1 Å². The quantitative estimate of drug-likeness (QED) is 0.703. The van der Waals surface area contributed by atoms with Crippen LogP contribution in [0.15, 0.2) is 29.0 Å². The summed E-state index contributed by atoms with van der Waals surface area (Å²) in [6.45, 7) is 9.39. The van der Waals surface area contributed by atoms with E-state index in [1.807, 2.05) is 0 Å². The van der Waals surface area contributed by atoms with Crippen LogP contribution in [-0.4, -0.2) is 6.54 Å². The van der Waals surface area contributed by atoms with Gasteiger partial charge in [-0.15, -0.1) is 0 Å². The van der Waals surface area contributed by atoms with Crippen molar-refractivity contribution in [2.24, 2.45) is 0 Å². The molecule has 0 aliphatic heterocycles. The lowest BCUT2D eigenvalue weighted by molar-refractivity contribution is 0.544. The van der Waals surface area contributed by atoms with Gasteiger partial charge in [0, 0.05) is 6.04 Å². The van der Waals surface area contributed by atoms with Crippen LogP contribution in [0.1, 0.15) is 38.3 Å². The Bertz CT molecular complexity index is 264. The fourth-order valence-corrected chi connectivity index (χ4v) is 2.17. The van der Waals surface area contributed by atoms with Gasteiger partial charge >= 0.3 is 0 Å². The lowest BCUT2D eigenvalue weighted by atomic mass is 10.0. The van der Waals surface area contributed by atoms with Gasteiger partial charge in [-0.2, -0.15) is 11.3 Å². The number of hydrogen-bond acceptors (Lipinski definition) is 2. The average molecular weight is 209 g/mol. The van der Waals surface area contributed by atoms with Crippen molar-refractivity contribution < 1.29 is 0 Å². The van der Waals surface area contributed by atoms with E-state index in [-0.39, 0.29) is 0 Å². The van der Waals surface area contributed by atoms with Gasteiger partial charge in [0.2, 0.25) is 0 Å². The summed E-state index contributed by atoms with van der Waals surface area (Å²) in [5.74, 6) is 0. The molecule has 0 fully saturated rings. The van der Waals surface area contributed by atoms with Crippen molar-refractivity contribution in [3.63, 3.8) is 0 Å². The molecule has 0 saturated carbocycles. The maximum atomic E-state index is 4.07. The highest BCUT2D eigenvalue weighted by Crippen LogP contribution is 2.23. The Kier molecular flexibility index (Phi) is 4.91. The maximum absolute atomic E-state index is 4.07. The minimum atomic E-state index is 0.457. The highest BCUT2D eigenvalue weighted by Gasteiger charge is 2.10. The average Bonchev–Trinajstić information content (AvgIpc) is 2.69. The van der Waals surface area contributed by atoms with Crippen molar-refractivity contribution >= 4 is 11.3 Å². The second-order valence-corrected chi connectivity index (χ2v) is 4.25. The Balaban J connectivity index is 2.60. The molecule has 14 heavy (non-hydrogen) atoms. The van der Waals surface area contributed by atoms with Crippen LogP contribution in [0.3, 0.4) is 0 Å². The molecule has 1 heterocycles. The van der Waals surface area contributed by atoms with E-state index in [0.29, 0.717) is 6.04 Å². The highest BCUT2D eigenvalue weighted by atomic mass is 32.1. The molecule has 0 aliphatic carbocycles. The summed E-state index contributed by atoms with van der Waals surface area (Å²) in [7, 11) is 0. The minimum absolute atomic E-state index is 0.457. The largest absolute Gasteiger partial charge is 0.310 e. The maximum Gasteiger partial charge on any atom is 0.0365 e. The van der Waals surface area contributed by atoms with E-state index in [9.17, 15) is 0 Å². The number of rotatable bonds is 6. The second kappa shape index (κ2) is 5.99. The molecule has 2 heteroatoms. The molecule has 0 aromatic carbocycles. The third-order valence-electron chi connectivity index (χ3n) is 2.39. The first-order valence-corrected chi connectivity index (χ1v) is 6.14. The molecular formula is C12H19NS. The molecular weight excluding hydrogens is 190 g/mol. The zero-order chi connectivity index (χ0) is 10.4. The van der Waals surface area contributed by atoms with Crippen molar-refractivity contribution in [2.45, 2.75) is 32.7 Å². The summed E-state index contributed by atoms with van der Waals surface area (Å²) in [4.78, 5) is 0. The Morgan fingerprint density at radius 3 is 2.86 bits per heavy atom. The zero-order valence-corrected chi connectivity index (χ0v) is 9.86. The Morgan fingerprint density at radius 1 is 1.57 bits per heavy atom. The molecule has 1 N–H and O–H groups in total. The molecule has 1 nitrogen and oxygen atoms in total. The first kappa shape index (κ1) is 11.5. The molecule has 1 aromatic rings. The SMILES string of the molecule is C=C(CC)CC(NCC)c1ccsc1. The lowest BCUT2D eigenvalue weighted by Gasteiger charge is -2.17. The molecule has 0 amide bonds. The van der Waals surface area contributed by atoms with Crippen LogP contribution < -0.4 is 5.32 Å². The molecule has 0 spiro atoms. The van der Waals surface area contributed by atoms with Crippen LogP contribution in [0.2, 0.25) is 0 Å². The summed E-state index contributed by atoms with van der Waals surface area (Å²) in [6.07, 6.45) is 2.13. The van der Waals surface area contributed by atoms with Crippen LogP contribution in [0.25, 0.3) is 0 Å². The smallest absolute Gasteiger partial charge is 0.0365 e. The van der Waals surface area contributed by atoms with Gasteiger partial charge in [-0.1, -0.05) is 26.0 Å². The second-order valence-electron chi connectivity index (χ2n) is 3.47. The Morgan fingerprint density at radius 2 is 2.36 bits per heavy atom. The topological polar surface area (TPSA) is 12.0 Å². The minimum Gasteiger partial charge on any atom is -0.310 e. The van der Waals surface area contributed by atoms with Crippen LogP contribution >= 0.6 is 11.3 Å². The number of nitrogens with one attached hydrogen (secondary N) is 1. The van der Waals surface area contributed by atoms with Gasteiger partial charge in [0.05, 0.1) is 0 Å². The summed E-state index contributed by atoms with van der Waals surface area (Å²) >= 11 is 1.76. The van der Waals surface area contributed by atoms with Crippen molar-refractivity contribution in [3.05, 3.63) is 34.5 Å². The van der Waals surface area contributed by atoms with Crippen LogP contribution in [0.5, 0.6) is 0 Å². The van der Waals surface area contributed by atoms with Crippen LogP contribution in [0.4, 0.5) is 0 Å². The molecule has 0 bridgehead atoms. The van der Waals surface area contributed by atoms with E-state index < -0.39 is 0 Å². The molecule has 1 unspecified atom stereocenters. The summed E-state index contributed by atoms with van der Waals surface area (Å²) in [5, 5.41) is 7.85. The normalized spacial score (nSPS) is 12.7. The Hall–Kier alpha value is -0.600. The van der Waals surface area contributed by atoms with Gasteiger partial charge in [-0.3, -0.25) is 0 Å². The lowest BCUT2D eigenvalue weighted by Crippen LogP contribution is -2.20. The van der Waals surface area contributed by atoms with Crippen molar-refractivity contribution in [1.82, 2.24) is 5.32 Å². The standard InChI is InChI=1S/C12H19NS/c1-4-10(3)8-12(13-5-2)11-6-7-14-9-11/h6-7,9,12-13H,3-5,8H2,1-2H3. The van der Waals surface area contributed by atoms with Gasteiger partial charge in [0.25, 0.3) is 0 Å². The Labute approximate surface area is 90.9 Å². The fraction of sp³-hybridized carbons (Fsp3) is 0.500. The van der Waals surface area contributed by atoms with E-state index in [4.69, 9.17) is 0 Å². The first-order chi connectivity index (χ1) is 6.77.